The van der Waals surface area contributed by atoms with Crippen LogP contribution in [0.1, 0.15) is 24.3 Å². The lowest BCUT2D eigenvalue weighted by molar-refractivity contribution is -0.0551. The number of fused-ring (bicyclic) bond motifs is 5. The lowest BCUT2D eigenvalue weighted by Crippen LogP contribution is -2.36. The Morgan fingerprint density at radius 1 is 0.978 bits per heavy atom. The Morgan fingerprint density at radius 3 is 2.46 bits per heavy atom. The van der Waals surface area contributed by atoms with Crippen molar-refractivity contribution < 1.29 is 52.0 Å². The largest absolute Gasteiger partial charge is 0.472 e. The van der Waals surface area contributed by atoms with Crippen molar-refractivity contribution in [2.45, 2.75) is 56.1 Å². The second kappa shape index (κ2) is 11.1. The number of nitrogens with two attached hydrogens (primary N) is 2. The number of nitrogens with one attached hydrogen (secondary N) is 1. The van der Waals surface area contributed by atoms with Gasteiger partial charge in [0, 0.05) is 12.1 Å². The number of aryl methyl sites for hydroxylation is 1. The van der Waals surface area contributed by atoms with Gasteiger partial charge in [0.2, 0.25) is 5.95 Å². The smallest absolute Gasteiger partial charge is 0.390 e. The van der Waals surface area contributed by atoms with Crippen LogP contribution in [0.25, 0.3) is 22.2 Å². The number of ether oxygens (including phenoxy) is 1. The number of aromatic nitrogens is 7. The number of phosphoric acid groups is 2. The van der Waals surface area contributed by atoms with Gasteiger partial charge in [0.1, 0.15) is 42.2 Å². The maximum atomic E-state index is 13.3. The second-order valence-corrected chi connectivity index (χ2v) is 14.0. The van der Waals surface area contributed by atoms with Crippen molar-refractivity contribution in [2.75, 3.05) is 24.7 Å². The minimum absolute atomic E-state index is 0.00150. The van der Waals surface area contributed by atoms with Crippen LogP contribution < -0.4 is 17.0 Å². The van der Waals surface area contributed by atoms with Crippen LogP contribution in [0.4, 0.5) is 11.8 Å². The van der Waals surface area contributed by atoms with Gasteiger partial charge in [-0.25, -0.2) is 24.1 Å². The summed E-state index contributed by atoms with van der Waals surface area (Å²) in [5.41, 5.74) is 11.9. The molecule has 4 aromatic heterocycles. The summed E-state index contributed by atoms with van der Waals surface area (Å²) < 4.78 is 56.5. The number of aliphatic hydroxyl groups excluding tert-OH is 2. The number of phosphoric ester groups is 2. The summed E-state index contributed by atoms with van der Waals surface area (Å²) in [6, 6.07) is -0.991. The number of hydrogen-bond acceptors (Lipinski definition) is 16. The van der Waals surface area contributed by atoms with E-state index in [1.165, 1.54) is 21.8 Å². The molecular formula is C23H29N9O12P2. The number of nitrogens with zero attached hydrogens (tertiary/aromatic N) is 6. The molecule has 3 fully saturated rings. The third kappa shape index (κ3) is 5.32. The lowest BCUT2D eigenvalue weighted by atomic mass is 10.1. The summed E-state index contributed by atoms with van der Waals surface area (Å²) in [7, 11) is -10.0. The highest BCUT2D eigenvalue weighted by Gasteiger charge is 2.53. The zero-order valence-electron chi connectivity index (χ0n) is 23.8. The summed E-state index contributed by atoms with van der Waals surface area (Å²) in [6.45, 7) is 0.369. The average molecular weight is 685 g/mol. The van der Waals surface area contributed by atoms with E-state index in [2.05, 4.69) is 24.9 Å². The first-order valence-electron chi connectivity index (χ1n) is 13.9. The highest BCUT2D eigenvalue weighted by Crippen LogP contribution is 2.55. The van der Waals surface area contributed by atoms with Crippen molar-refractivity contribution in [1.29, 1.82) is 0 Å². The highest BCUT2D eigenvalue weighted by molar-refractivity contribution is 7.47. The topological polar surface area (TPSA) is 308 Å². The number of hydrogen-bond donors (Lipinski definition) is 7. The molecule has 2 aliphatic heterocycles. The van der Waals surface area contributed by atoms with Gasteiger partial charge < -0.3 is 45.3 Å². The van der Waals surface area contributed by atoms with Crippen molar-refractivity contribution in [1.82, 2.24) is 34.1 Å². The van der Waals surface area contributed by atoms with Crippen LogP contribution in [-0.4, -0.2) is 97.8 Å². The number of H-pyrrole nitrogens is 1. The predicted octanol–water partition coefficient (Wildman–Crippen LogP) is -0.764. The summed E-state index contributed by atoms with van der Waals surface area (Å²) >= 11 is 0. The molecule has 2 saturated heterocycles. The van der Waals surface area contributed by atoms with E-state index >= 15 is 0 Å². The minimum atomic E-state index is -5.03. The third-order valence-electron chi connectivity index (χ3n) is 8.33. The molecule has 6 heterocycles. The van der Waals surface area contributed by atoms with Gasteiger partial charge in [-0.3, -0.25) is 27.9 Å². The van der Waals surface area contributed by atoms with Crippen LogP contribution in [0.3, 0.4) is 0 Å². The van der Waals surface area contributed by atoms with Crippen molar-refractivity contribution in [3.8, 4) is 0 Å². The summed E-state index contributed by atoms with van der Waals surface area (Å²) in [4.78, 5) is 52.5. The Balaban J connectivity index is 1.21. The first-order valence-corrected chi connectivity index (χ1v) is 16.8. The fourth-order valence-corrected chi connectivity index (χ4v) is 8.25. The van der Waals surface area contributed by atoms with Crippen molar-refractivity contribution in [3.63, 3.8) is 0 Å². The standard InChI is InChI=1S/C23H29N9O12P2/c1-8-3-31(19-12(8)18(24)26-6-27-19)22-15(34)17-11(42-22)5-41-46(38,39)43-16-10(2-9(14(16)33)4-40-45(36,37)44-17)32-7-28-13-20(32)29-23(25)30-21(13)35/h3,6-7,9-11,14-17,22,33-34H,2,4-5H2,1H3,(H,36,37)(H,38,39)(H2,24,26,27)(H3,25,29,30,35)/t9-,10-,11-,14?,15?,16-,17?,22-/m1/s1. The number of anilines is 2. The Morgan fingerprint density at radius 2 is 1.70 bits per heavy atom. The molecule has 0 spiro atoms. The molecule has 3 aliphatic rings. The van der Waals surface area contributed by atoms with Gasteiger partial charge in [-0.2, -0.15) is 4.98 Å². The molecule has 1 saturated carbocycles. The van der Waals surface area contributed by atoms with E-state index in [1.54, 1.807) is 13.1 Å². The zero-order valence-corrected chi connectivity index (χ0v) is 25.5. The van der Waals surface area contributed by atoms with Crippen LogP contribution >= 0.6 is 15.6 Å². The molecule has 4 aromatic rings. The third-order valence-corrected chi connectivity index (χ3v) is 10.3. The van der Waals surface area contributed by atoms with Gasteiger partial charge in [-0.05, 0) is 18.9 Å². The monoisotopic (exact) mass is 685 g/mol. The second-order valence-electron chi connectivity index (χ2n) is 11.2. The van der Waals surface area contributed by atoms with Crippen molar-refractivity contribution in [2.24, 2.45) is 5.92 Å². The molecule has 9 N–H and O–H groups in total. The molecular weight excluding hydrogens is 656 g/mol. The van der Waals surface area contributed by atoms with Crippen molar-refractivity contribution >= 4 is 49.6 Å². The molecule has 23 heteroatoms. The minimum Gasteiger partial charge on any atom is -0.390 e. The van der Waals surface area contributed by atoms with Crippen LogP contribution in [0.15, 0.2) is 23.6 Å². The zero-order chi connectivity index (χ0) is 32.7. The predicted molar refractivity (Wildman–Crippen MR) is 154 cm³/mol. The first kappa shape index (κ1) is 31.3. The first-order chi connectivity index (χ1) is 21.7. The molecule has 248 valence electrons. The van der Waals surface area contributed by atoms with E-state index in [-0.39, 0.29) is 35.0 Å². The number of aromatic amines is 1. The summed E-state index contributed by atoms with van der Waals surface area (Å²) in [5, 5.41) is 22.9. The summed E-state index contributed by atoms with van der Waals surface area (Å²) in [6.07, 6.45) is -5.03. The molecule has 7 rings (SSSR count). The Kier molecular flexibility index (Phi) is 7.57. The van der Waals surface area contributed by atoms with Gasteiger partial charge in [-0.1, -0.05) is 0 Å². The highest BCUT2D eigenvalue weighted by atomic mass is 31.2. The van der Waals surface area contributed by atoms with Crippen LogP contribution in [0, 0.1) is 12.8 Å². The van der Waals surface area contributed by atoms with Gasteiger partial charge in [-0.15, -0.1) is 0 Å². The molecule has 21 nitrogen and oxygen atoms in total. The van der Waals surface area contributed by atoms with Crippen LogP contribution in [0.2, 0.25) is 0 Å². The summed E-state index contributed by atoms with van der Waals surface area (Å²) in [5.74, 6) is -1.02. The van der Waals surface area contributed by atoms with Gasteiger partial charge in [0.15, 0.2) is 17.4 Å². The van der Waals surface area contributed by atoms with Crippen LogP contribution in [-0.2, 0) is 32.0 Å². The van der Waals surface area contributed by atoms with Crippen LogP contribution in [0.5, 0.6) is 0 Å². The quantitative estimate of drug-likeness (QED) is 0.127. The molecule has 0 radical (unpaired) electrons. The van der Waals surface area contributed by atoms with E-state index in [0.29, 0.717) is 10.9 Å². The Bertz CT molecular complexity index is 1980. The molecule has 0 amide bonds. The van der Waals surface area contributed by atoms with Gasteiger partial charge in [0.25, 0.3) is 5.56 Å². The van der Waals surface area contributed by atoms with Gasteiger partial charge in [0.05, 0.1) is 37.1 Å². The molecule has 10 atom stereocenters. The van der Waals surface area contributed by atoms with E-state index in [9.17, 15) is 33.9 Å². The van der Waals surface area contributed by atoms with Gasteiger partial charge >= 0.3 is 15.6 Å². The molecule has 5 unspecified atom stereocenters. The van der Waals surface area contributed by atoms with E-state index in [4.69, 9.17) is 34.3 Å². The average Bonchev–Trinajstić information content (AvgIpc) is 3.71. The maximum absolute atomic E-state index is 13.3. The Hall–Kier alpha value is -3.33. The van der Waals surface area contributed by atoms with Crippen molar-refractivity contribution in [3.05, 3.63) is 34.8 Å². The number of nitrogen functional groups attached to an aromatic ring is 2. The Labute approximate surface area is 257 Å². The molecule has 1 aliphatic carbocycles. The number of rotatable bonds is 2. The van der Waals surface area contributed by atoms with E-state index in [0.717, 1.165) is 0 Å². The molecule has 0 aromatic carbocycles. The molecule has 46 heavy (non-hydrogen) atoms. The number of aliphatic hydroxyl groups is 2. The fourth-order valence-electron chi connectivity index (χ4n) is 6.27. The van der Waals surface area contributed by atoms with E-state index < -0.39 is 83.1 Å². The lowest BCUT2D eigenvalue weighted by Gasteiger charge is -2.26. The fraction of sp³-hybridized carbons (Fsp3) is 0.522. The number of imidazole rings is 1. The SMILES string of the molecule is Cc1cn([C@@H]2O[C@@H]3COP(=O)(O)O[C@H]4C(O)[C@@H](COP(=O)(O)OC3C2O)C[C@H]4n2cnc3c(=O)[nH]c(N)nc32)c2ncnc(N)c12. The normalized spacial score (nSPS) is 37.2. The molecule has 2 bridgehead atoms. The maximum Gasteiger partial charge on any atom is 0.472 e. The van der Waals surface area contributed by atoms with E-state index in [1.807, 2.05) is 0 Å².